The van der Waals surface area contributed by atoms with Crippen LogP contribution in [0.3, 0.4) is 0 Å². The van der Waals surface area contributed by atoms with Crippen LogP contribution in [0.5, 0.6) is 0 Å². The molecule has 1 aliphatic carbocycles. The fourth-order valence-corrected chi connectivity index (χ4v) is 4.09. The molecule has 0 radical (unpaired) electrons. The average molecular weight is 373 g/mol. The van der Waals surface area contributed by atoms with Crippen LogP contribution >= 0.6 is 12.2 Å². The van der Waals surface area contributed by atoms with Gasteiger partial charge in [-0.3, -0.25) is 10.1 Å². The van der Waals surface area contributed by atoms with Crippen LogP contribution < -0.4 is 4.90 Å². The normalized spacial score (nSPS) is 19.2. The van der Waals surface area contributed by atoms with Gasteiger partial charge in [-0.1, -0.05) is 13.8 Å². The Morgan fingerprint density at radius 2 is 2.12 bits per heavy atom. The topological polar surface area (TPSA) is 69.1 Å². The van der Waals surface area contributed by atoms with Crippen LogP contribution in [0.25, 0.3) is 0 Å². The molecule has 1 aromatic heterocycles. The number of benzene rings is 1. The fourth-order valence-electron chi connectivity index (χ4n) is 3.75. The van der Waals surface area contributed by atoms with Crippen molar-refractivity contribution >= 4 is 23.6 Å². The molecule has 138 valence electrons. The smallest absolute Gasteiger partial charge is 0.269 e. The van der Waals surface area contributed by atoms with Crippen molar-refractivity contribution in [2.24, 2.45) is 0 Å². The van der Waals surface area contributed by atoms with Crippen LogP contribution in [-0.2, 0) is 13.1 Å². The van der Waals surface area contributed by atoms with Crippen LogP contribution in [0.4, 0.5) is 11.4 Å². The summed E-state index contributed by atoms with van der Waals surface area (Å²) in [6.07, 6.45) is 3.14. The summed E-state index contributed by atoms with van der Waals surface area (Å²) in [4.78, 5) is 12.9. The lowest BCUT2D eigenvalue weighted by Gasteiger charge is -2.24. The van der Waals surface area contributed by atoms with Crippen LogP contribution in [-0.4, -0.2) is 25.3 Å². The highest BCUT2D eigenvalue weighted by Gasteiger charge is 2.32. The van der Waals surface area contributed by atoms with Crippen molar-refractivity contribution in [2.45, 2.75) is 64.7 Å². The highest BCUT2D eigenvalue weighted by atomic mass is 32.1. The summed E-state index contributed by atoms with van der Waals surface area (Å²) in [5, 5.41) is 15.8. The van der Waals surface area contributed by atoms with Crippen molar-refractivity contribution < 1.29 is 4.92 Å². The van der Waals surface area contributed by atoms with E-state index in [4.69, 9.17) is 17.3 Å². The van der Waals surface area contributed by atoms with Gasteiger partial charge in [0, 0.05) is 35.8 Å². The van der Waals surface area contributed by atoms with Gasteiger partial charge in [-0.25, -0.2) is 4.68 Å². The third-order valence-electron chi connectivity index (χ3n) is 5.24. The molecule has 0 bridgehead atoms. The average Bonchev–Trinajstić information content (AvgIpc) is 3.30. The predicted molar refractivity (Wildman–Crippen MR) is 102 cm³/mol. The van der Waals surface area contributed by atoms with E-state index in [0.717, 1.165) is 28.3 Å². The van der Waals surface area contributed by atoms with E-state index in [1.54, 1.807) is 12.1 Å². The molecule has 0 amide bonds. The minimum absolute atomic E-state index is 0.148. The number of nitro benzene ring substituents is 1. The van der Waals surface area contributed by atoms with E-state index in [-0.39, 0.29) is 16.7 Å². The Kier molecular flexibility index (Phi) is 4.10. The second-order valence-corrected chi connectivity index (χ2v) is 8.00. The monoisotopic (exact) mass is 373 g/mol. The molecule has 0 unspecified atom stereocenters. The summed E-state index contributed by atoms with van der Waals surface area (Å²) in [6, 6.07) is 5.86. The largest absolute Gasteiger partial charge is 0.349 e. The molecule has 1 fully saturated rings. The number of hydrogen-bond acceptors (Lipinski definition) is 5. The lowest BCUT2D eigenvalue weighted by molar-refractivity contribution is -0.384. The Morgan fingerprint density at radius 1 is 1.38 bits per heavy atom. The summed E-state index contributed by atoms with van der Waals surface area (Å²) in [5.74, 6) is 1.37. The predicted octanol–water partition coefficient (Wildman–Crippen LogP) is 4.19. The first-order valence-electron chi connectivity index (χ1n) is 9.10. The van der Waals surface area contributed by atoms with Crippen LogP contribution in [0.15, 0.2) is 18.2 Å². The minimum atomic E-state index is -0.337. The van der Waals surface area contributed by atoms with E-state index in [2.05, 4.69) is 30.2 Å². The molecule has 2 aromatic rings. The number of hydrogen-bond donors (Lipinski definition) is 0. The van der Waals surface area contributed by atoms with Gasteiger partial charge in [0.2, 0.25) is 0 Å². The molecule has 26 heavy (non-hydrogen) atoms. The van der Waals surface area contributed by atoms with Gasteiger partial charge in [0.15, 0.2) is 4.77 Å². The molecule has 8 heteroatoms. The number of fused-ring (bicyclic) bond motifs is 1. The molecule has 0 N–H and O–H groups in total. The summed E-state index contributed by atoms with van der Waals surface area (Å²) in [5.41, 5.74) is 2.20. The van der Waals surface area contributed by atoms with Gasteiger partial charge in [-0.05, 0) is 50.0 Å². The molecule has 0 spiro atoms. The molecule has 1 aromatic carbocycles. The number of nitrogens with zero attached hydrogens (tertiary/aromatic N) is 5. The van der Waals surface area contributed by atoms with E-state index in [0.29, 0.717) is 18.6 Å². The first-order chi connectivity index (χ1) is 12.4. The lowest BCUT2D eigenvalue weighted by Crippen LogP contribution is -2.32. The second-order valence-electron chi connectivity index (χ2n) is 7.63. The summed E-state index contributed by atoms with van der Waals surface area (Å²) >= 11 is 5.72. The van der Waals surface area contributed by atoms with E-state index >= 15 is 0 Å². The van der Waals surface area contributed by atoms with E-state index in [1.165, 1.54) is 12.8 Å². The quantitative estimate of drug-likeness (QED) is 0.446. The van der Waals surface area contributed by atoms with Crippen LogP contribution in [0.1, 0.15) is 57.0 Å². The van der Waals surface area contributed by atoms with Crippen molar-refractivity contribution in [1.82, 2.24) is 14.3 Å². The van der Waals surface area contributed by atoms with E-state index in [9.17, 15) is 10.1 Å². The van der Waals surface area contributed by atoms with E-state index < -0.39 is 0 Å². The SMILES string of the molecule is CC(C)c1nn(CN2c3ccc([N+](=O)[O-])cc3C[C@@H]2C)c(=S)n1C1CC1. The Bertz CT molecular complexity index is 928. The van der Waals surface area contributed by atoms with Gasteiger partial charge in [-0.2, -0.15) is 5.10 Å². The van der Waals surface area contributed by atoms with Gasteiger partial charge >= 0.3 is 0 Å². The number of non-ortho nitro benzene ring substituents is 1. The molecule has 4 rings (SSSR count). The molecule has 0 saturated heterocycles. The maximum Gasteiger partial charge on any atom is 0.269 e. The zero-order valence-corrected chi connectivity index (χ0v) is 16.1. The molecule has 1 saturated carbocycles. The summed E-state index contributed by atoms with van der Waals surface area (Å²) in [7, 11) is 0. The third-order valence-corrected chi connectivity index (χ3v) is 5.65. The Hall–Kier alpha value is -2.22. The molecule has 2 aliphatic rings. The van der Waals surface area contributed by atoms with Crippen LogP contribution in [0, 0.1) is 14.9 Å². The number of nitro groups is 1. The zero-order chi connectivity index (χ0) is 18.6. The van der Waals surface area contributed by atoms with Crippen molar-refractivity contribution in [3.05, 3.63) is 44.5 Å². The number of rotatable bonds is 5. The summed E-state index contributed by atoms with van der Waals surface area (Å²) < 4.78 is 4.91. The highest BCUT2D eigenvalue weighted by molar-refractivity contribution is 7.71. The van der Waals surface area contributed by atoms with Gasteiger partial charge in [0.05, 0.1) is 4.92 Å². The molecular formula is C18H23N5O2S. The fraction of sp³-hybridized carbons (Fsp3) is 0.556. The maximum absolute atomic E-state index is 11.0. The molecular weight excluding hydrogens is 350 g/mol. The lowest BCUT2D eigenvalue weighted by atomic mass is 10.1. The van der Waals surface area contributed by atoms with Crippen molar-refractivity contribution in [2.75, 3.05) is 4.90 Å². The Morgan fingerprint density at radius 3 is 2.73 bits per heavy atom. The first-order valence-corrected chi connectivity index (χ1v) is 9.51. The highest BCUT2D eigenvalue weighted by Crippen LogP contribution is 2.38. The third kappa shape index (κ3) is 2.82. The second kappa shape index (κ2) is 6.19. The van der Waals surface area contributed by atoms with Crippen molar-refractivity contribution in [3.63, 3.8) is 0 Å². The Balaban J connectivity index is 1.68. The van der Waals surface area contributed by atoms with E-state index in [1.807, 2.05) is 10.7 Å². The number of aromatic nitrogens is 3. The maximum atomic E-state index is 11.0. The van der Waals surface area contributed by atoms with Gasteiger partial charge in [0.1, 0.15) is 12.5 Å². The first kappa shape index (κ1) is 17.2. The van der Waals surface area contributed by atoms with Crippen LogP contribution in [0.2, 0.25) is 0 Å². The van der Waals surface area contributed by atoms with Gasteiger partial charge in [-0.15, -0.1) is 0 Å². The minimum Gasteiger partial charge on any atom is -0.349 e. The van der Waals surface area contributed by atoms with Gasteiger partial charge < -0.3 is 9.47 Å². The number of anilines is 1. The standard InChI is InChI=1S/C18H23N5O2S/c1-11(2)17-19-21(18(26)22(17)14-4-5-14)10-20-12(3)8-13-9-15(23(24)25)6-7-16(13)20/h6-7,9,11-12,14H,4-5,8,10H2,1-3H3/t12-/m0/s1. The Labute approximate surface area is 157 Å². The molecule has 1 atom stereocenters. The molecule has 7 nitrogen and oxygen atoms in total. The summed E-state index contributed by atoms with van der Waals surface area (Å²) in [6.45, 7) is 7.00. The van der Waals surface area contributed by atoms with Gasteiger partial charge in [0.25, 0.3) is 5.69 Å². The van der Waals surface area contributed by atoms with Crippen molar-refractivity contribution in [3.8, 4) is 0 Å². The van der Waals surface area contributed by atoms with Crippen molar-refractivity contribution in [1.29, 1.82) is 0 Å². The molecule has 1 aliphatic heterocycles. The molecule has 2 heterocycles. The zero-order valence-electron chi connectivity index (χ0n) is 15.3.